The number of halogens is 3. The van der Waals surface area contributed by atoms with Gasteiger partial charge >= 0.3 is 0 Å². The van der Waals surface area contributed by atoms with Crippen LogP contribution in [0, 0.1) is 6.92 Å². The van der Waals surface area contributed by atoms with Crippen molar-refractivity contribution in [3.05, 3.63) is 50.0 Å². The normalized spacial score (nSPS) is 10.3. The van der Waals surface area contributed by atoms with E-state index in [-0.39, 0.29) is 5.91 Å². The van der Waals surface area contributed by atoms with Gasteiger partial charge in [-0.05, 0) is 47.1 Å². The Hall–Kier alpha value is -1.30. The standard InChI is InChI=1S/C14H12BrCl2N3O/c1-7-5-8(6-11(18-2)19-7)14(21)20-10-4-3-9(15)12(16)13(10)17/h3-6H,1-2H3,(H,18,19)(H,20,21). The van der Waals surface area contributed by atoms with Crippen molar-refractivity contribution in [3.8, 4) is 0 Å². The van der Waals surface area contributed by atoms with E-state index in [9.17, 15) is 4.79 Å². The molecule has 0 spiro atoms. The minimum atomic E-state index is -0.280. The number of anilines is 2. The minimum absolute atomic E-state index is 0.280. The maximum Gasteiger partial charge on any atom is 0.255 e. The number of rotatable bonds is 3. The molecule has 110 valence electrons. The van der Waals surface area contributed by atoms with Gasteiger partial charge in [0.15, 0.2) is 0 Å². The zero-order valence-corrected chi connectivity index (χ0v) is 14.4. The smallest absolute Gasteiger partial charge is 0.255 e. The van der Waals surface area contributed by atoms with Gasteiger partial charge in [-0.1, -0.05) is 23.2 Å². The first-order valence-electron chi connectivity index (χ1n) is 6.03. The third-order valence-electron chi connectivity index (χ3n) is 2.76. The number of carbonyl (C=O) groups excluding carboxylic acids is 1. The molecule has 1 aromatic carbocycles. The molecule has 2 N–H and O–H groups in total. The predicted octanol–water partition coefficient (Wildman–Crippen LogP) is 4.75. The van der Waals surface area contributed by atoms with Crippen molar-refractivity contribution >= 4 is 56.5 Å². The van der Waals surface area contributed by atoms with E-state index in [1.807, 2.05) is 6.92 Å². The van der Waals surface area contributed by atoms with Crippen LogP contribution >= 0.6 is 39.1 Å². The zero-order valence-electron chi connectivity index (χ0n) is 11.3. The van der Waals surface area contributed by atoms with E-state index in [1.165, 1.54) is 0 Å². The van der Waals surface area contributed by atoms with Crippen molar-refractivity contribution < 1.29 is 4.79 Å². The fourth-order valence-corrected chi connectivity index (χ4v) is 2.57. The number of aromatic nitrogens is 1. The minimum Gasteiger partial charge on any atom is -0.373 e. The largest absolute Gasteiger partial charge is 0.373 e. The van der Waals surface area contributed by atoms with Crippen molar-refractivity contribution in [2.24, 2.45) is 0 Å². The lowest BCUT2D eigenvalue weighted by molar-refractivity contribution is 0.102. The van der Waals surface area contributed by atoms with Crippen LogP contribution in [0.25, 0.3) is 0 Å². The van der Waals surface area contributed by atoms with Crippen molar-refractivity contribution in [2.45, 2.75) is 6.92 Å². The Labute approximate surface area is 141 Å². The van der Waals surface area contributed by atoms with Crippen LogP contribution in [0.15, 0.2) is 28.7 Å². The Bertz CT molecular complexity index is 707. The second kappa shape index (κ2) is 6.64. The van der Waals surface area contributed by atoms with Gasteiger partial charge in [0.05, 0.1) is 15.7 Å². The first-order valence-corrected chi connectivity index (χ1v) is 7.58. The molecule has 0 aliphatic carbocycles. The summed E-state index contributed by atoms with van der Waals surface area (Å²) in [7, 11) is 1.74. The first-order chi connectivity index (χ1) is 9.92. The van der Waals surface area contributed by atoms with E-state index in [0.29, 0.717) is 31.6 Å². The summed E-state index contributed by atoms with van der Waals surface area (Å²) >= 11 is 15.4. The van der Waals surface area contributed by atoms with Crippen LogP contribution in [0.4, 0.5) is 11.5 Å². The highest BCUT2D eigenvalue weighted by molar-refractivity contribution is 9.10. The van der Waals surface area contributed by atoms with Crippen LogP contribution in [-0.4, -0.2) is 17.9 Å². The number of hydrogen-bond donors (Lipinski definition) is 2. The van der Waals surface area contributed by atoms with Crippen LogP contribution in [0.5, 0.6) is 0 Å². The Balaban J connectivity index is 2.30. The summed E-state index contributed by atoms with van der Waals surface area (Å²) in [6, 6.07) is 6.77. The van der Waals surface area contributed by atoms with E-state index < -0.39 is 0 Å². The number of carbonyl (C=O) groups is 1. The summed E-state index contributed by atoms with van der Waals surface area (Å²) in [6.45, 7) is 1.82. The van der Waals surface area contributed by atoms with E-state index in [1.54, 1.807) is 31.3 Å². The molecule has 0 saturated heterocycles. The third-order valence-corrected chi connectivity index (χ3v) is 4.53. The molecule has 2 rings (SSSR count). The fraction of sp³-hybridized carbons (Fsp3) is 0.143. The van der Waals surface area contributed by atoms with Crippen LogP contribution in [-0.2, 0) is 0 Å². The van der Waals surface area contributed by atoms with Crippen LogP contribution < -0.4 is 10.6 Å². The summed E-state index contributed by atoms with van der Waals surface area (Å²) < 4.78 is 0.671. The summed E-state index contributed by atoms with van der Waals surface area (Å²) in [6.07, 6.45) is 0. The van der Waals surface area contributed by atoms with Crippen LogP contribution in [0.2, 0.25) is 10.0 Å². The van der Waals surface area contributed by atoms with Gasteiger partial charge in [0, 0.05) is 22.8 Å². The lowest BCUT2D eigenvalue weighted by Crippen LogP contribution is -2.13. The van der Waals surface area contributed by atoms with E-state index >= 15 is 0 Å². The molecule has 1 amide bonds. The highest BCUT2D eigenvalue weighted by Crippen LogP contribution is 2.36. The van der Waals surface area contributed by atoms with Gasteiger partial charge in [0.2, 0.25) is 0 Å². The molecule has 0 aliphatic rings. The predicted molar refractivity (Wildman–Crippen MR) is 90.6 cm³/mol. The Morgan fingerprint density at radius 2 is 1.95 bits per heavy atom. The molecule has 0 bridgehead atoms. The number of nitrogens with one attached hydrogen (secondary N) is 2. The van der Waals surface area contributed by atoms with Crippen LogP contribution in [0.1, 0.15) is 16.1 Å². The Morgan fingerprint density at radius 1 is 1.24 bits per heavy atom. The van der Waals surface area contributed by atoms with E-state index in [0.717, 1.165) is 5.69 Å². The van der Waals surface area contributed by atoms with E-state index in [4.69, 9.17) is 23.2 Å². The number of benzene rings is 1. The molecule has 21 heavy (non-hydrogen) atoms. The highest BCUT2D eigenvalue weighted by atomic mass is 79.9. The molecule has 0 saturated carbocycles. The molecule has 0 fully saturated rings. The lowest BCUT2D eigenvalue weighted by Gasteiger charge is -2.10. The SMILES string of the molecule is CNc1cc(C(=O)Nc2ccc(Br)c(Cl)c2Cl)cc(C)n1. The summed E-state index contributed by atoms with van der Waals surface area (Å²) in [5, 5.41) is 6.30. The van der Waals surface area contributed by atoms with Gasteiger partial charge in [-0.3, -0.25) is 4.79 Å². The number of hydrogen-bond acceptors (Lipinski definition) is 3. The fourth-order valence-electron chi connectivity index (χ4n) is 1.74. The molecule has 0 atom stereocenters. The van der Waals surface area contributed by atoms with Crippen molar-refractivity contribution in [1.29, 1.82) is 0 Å². The number of amides is 1. The van der Waals surface area contributed by atoms with Gasteiger partial charge in [-0.25, -0.2) is 4.98 Å². The number of pyridine rings is 1. The summed E-state index contributed by atoms with van der Waals surface area (Å²) in [5.41, 5.74) is 1.68. The zero-order chi connectivity index (χ0) is 15.6. The molecule has 7 heteroatoms. The second-order valence-electron chi connectivity index (χ2n) is 4.31. The van der Waals surface area contributed by atoms with Gasteiger partial charge in [-0.15, -0.1) is 0 Å². The molecular formula is C14H12BrCl2N3O. The Kier molecular flexibility index (Phi) is 5.08. The number of aryl methyl sites for hydroxylation is 1. The summed E-state index contributed by atoms with van der Waals surface area (Å²) in [4.78, 5) is 16.5. The van der Waals surface area contributed by atoms with Gasteiger partial charge < -0.3 is 10.6 Å². The van der Waals surface area contributed by atoms with Crippen molar-refractivity contribution in [2.75, 3.05) is 17.7 Å². The molecule has 0 aliphatic heterocycles. The molecule has 0 unspecified atom stereocenters. The van der Waals surface area contributed by atoms with Gasteiger partial charge in [-0.2, -0.15) is 0 Å². The van der Waals surface area contributed by atoms with Crippen LogP contribution in [0.3, 0.4) is 0 Å². The Morgan fingerprint density at radius 3 is 2.62 bits per heavy atom. The third kappa shape index (κ3) is 3.67. The van der Waals surface area contributed by atoms with Gasteiger partial charge in [0.1, 0.15) is 5.82 Å². The number of nitrogens with zero attached hydrogens (tertiary/aromatic N) is 1. The molecule has 1 heterocycles. The molecule has 2 aromatic rings. The average Bonchev–Trinajstić information content (AvgIpc) is 2.47. The first kappa shape index (κ1) is 16.1. The monoisotopic (exact) mass is 387 g/mol. The van der Waals surface area contributed by atoms with E-state index in [2.05, 4.69) is 31.5 Å². The molecular weight excluding hydrogens is 377 g/mol. The topological polar surface area (TPSA) is 54.0 Å². The molecule has 1 aromatic heterocycles. The maximum absolute atomic E-state index is 12.3. The average molecular weight is 389 g/mol. The summed E-state index contributed by atoms with van der Waals surface area (Å²) in [5.74, 6) is 0.345. The lowest BCUT2D eigenvalue weighted by atomic mass is 10.2. The molecule has 0 radical (unpaired) electrons. The quantitative estimate of drug-likeness (QED) is 0.745. The second-order valence-corrected chi connectivity index (χ2v) is 5.92. The van der Waals surface area contributed by atoms with Crippen molar-refractivity contribution in [3.63, 3.8) is 0 Å². The highest BCUT2D eigenvalue weighted by Gasteiger charge is 2.13. The van der Waals surface area contributed by atoms with Crippen molar-refractivity contribution in [1.82, 2.24) is 4.98 Å². The van der Waals surface area contributed by atoms with Gasteiger partial charge in [0.25, 0.3) is 5.91 Å². The molecule has 4 nitrogen and oxygen atoms in total. The maximum atomic E-state index is 12.3.